The SMILES string of the molecule is NNc1cc(F)ccc1F.O=C(O)C(=O)O. The Hall–Kier alpha value is -2.22. The predicted molar refractivity (Wildman–Crippen MR) is 49.4 cm³/mol. The molecule has 0 saturated heterocycles. The van der Waals surface area contributed by atoms with Crippen molar-refractivity contribution < 1.29 is 28.6 Å². The molecule has 16 heavy (non-hydrogen) atoms. The third kappa shape index (κ3) is 4.86. The number of benzene rings is 1. The number of nitrogen functional groups attached to an aromatic ring is 1. The number of anilines is 1. The van der Waals surface area contributed by atoms with E-state index in [-0.39, 0.29) is 5.69 Å². The van der Waals surface area contributed by atoms with Crippen LogP contribution in [0.5, 0.6) is 0 Å². The van der Waals surface area contributed by atoms with E-state index in [9.17, 15) is 8.78 Å². The normalized spacial score (nSPS) is 8.69. The van der Waals surface area contributed by atoms with Crippen molar-refractivity contribution in [1.29, 1.82) is 0 Å². The molecule has 6 nitrogen and oxygen atoms in total. The topological polar surface area (TPSA) is 113 Å². The quantitative estimate of drug-likeness (QED) is 0.318. The van der Waals surface area contributed by atoms with Crippen LogP contribution in [0.3, 0.4) is 0 Å². The summed E-state index contributed by atoms with van der Waals surface area (Å²) in [4.78, 5) is 18.2. The average molecular weight is 234 g/mol. The summed E-state index contributed by atoms with van der Waals surface area (Å²) >= 11 is 0. The van der Waals surface area contributed by atoms with Gasteiger partial charge in [0.1, 0.15) is 11.6 Å². The molecule has 5 N–H and O–H groups in total. The van der Waals surface area contributed by atoms with E-state index in [1.165, 1.54) is 0 Å². The molecule has 0 saturated carbocycles. The van der Waals surface area contributed by atoms with Gasteiger partial charge in [0, 0.05) is 6.07 Å². The van der Waals surface area contributed by atoms with Crippen LogP contribution in [-0.2, 0) is 9.59 Å². The van der Waals surface area contributed by atoms with E-state index in [4.69, 9.17) is 25.6 Å². The molecule has 0 aliphatic heterocycles. The van der Waals surface area contributed by atoms with Gasteiger partial charge in [0.15, 0.2) is 0 Å². The zero-order chi connectivity index (χ0) is 12.7. The Morgan fingerprint density at radius 1 is 1.19 bits per heavy atom. The van der Waals surface area contributed by atoms with Crippen molar-refractivity contribution in [1.82, 2.24) is 0 Å². The monoisotopic (exact) mass is 234 g/mol. The third-order valence-electron chi connectivity index (χ3n) is 1.27. The molecule has 1 rings (SSSR count). The molecule has 0 radical (unpaired) electrons. The minimum atomic E-state index is -1.82. The van der Waals surface area contributed by atoms with Crippen LogP contribution in [0.15, 0.2) is 18.2 Å². The number of aliphatic carboxylic acids is 2. The van der Waals surface area contributed by atoms with Crippen LogP contribution in [0.4, 0.5) is 14.5 Å². The first kappa shape index (κ1) is 13.8. The number of hydrogen-bond donors (Lipinski definition) is 4. The molecule has 0 amide bonds. The Labute approximate surface area is 88.3 Å². The molecule has 0 aliphatic rings. The molecule has 1 aromatic carbocycles. The number of carboxylic acids is 2. The van der Waals surface area contributed by atoms with E-state index in [0.717, 1.165) is 18.2 Å². The molecule has 88 valence electrons. The highest BCUT2D eigenvalue weighted by molar-refractivity contribution is 6.27. The molecule has 0 aromatic heterocycles. The summed E-state index contributed by atoms with van der Waals surface area (Å²) in [5.41, 5.74) is 1.98. The molecule has 0 bridgehead atoms. The van der Waals surface area contributed by atoms with E-state index in [2.05, 4.69) is 0 Å². The van der Waals surface area contributed by atoms with Crippen molar-refractivity contribution in [3.8, 4) is 0 Å². The maximum absolute atomic E-state index is 12.5. The van der Waals surface area contributed by atoms with Gasteiger partial charge in [0.25, 0.3) is 0 Å². The first-order valence-corrected chi connectivity index (χ1v) is 3.76. The van der Waals surface area contributed by atoms with Crippen LogP contribution in [0.2, 0.25) is 0 Å². The molecular weight excluding hydrogens is 226 g/mol. The summed E-state index contributed by atoms with van der Waals surface area (Å²) in [6, 6.07) is 3.01. The Kier molecular flexibility index (Phi) is 5.42. The molecule has 0 spiro atoms. The number of rotatable bonds is 1. The molecule has 0 fully saturated rings. The van der Waals surface area contributed by atoms with Crippen molar-refractivity contribution in [2.24, 2.45) is 5.84 Å². The van der Waals surface area contributed by atoms with Crippen molar-refractivity contribution >= 4 is 17.6 Å². The smallest absolute Gasteiger partial charge is 0.414 e. The summed E-state index contributed by atoms with van der Waals surface area (Å²) in [5, 5.41) is 14.8. The summed E-state index contributed by atoms with van der Waals surface area (Å²) in [5.74, 6) is 0.130. The third-order valence-corrected chi connectivity index (χ3v) is 1.27. The predicted octanol–water partition coefficient (Wildman–Crippen LogP) is 0.406. The Morgan fingerprint density at radius 2 is 1.69 bits per heavy atom. The first-order valence-electron chi connectivity index (χ1n) is 3.76. The number of carbonyl (C=O) groups is 2. The van der Waals surface area contributed by atoms with Crippen LogP contribution < -0.4 is 11.3 Å². The summed E-state index contributed by atoms with van der Waals surface area (Å²) in [7, 11) is 0. The maximum atomic E-state index is 12.5. The lowest BCUT2D eigenvalue weighted by molar-refractivity contribution is -0.159. The van der Waals surface area contributed by atoms with Crippen LogP contribution in [0, 0.1) is 11.6 Å². The fourth-order valence-corrected chi connectivity index (χ4v) is 0.608. The zero-order valence-electron chi connectivity index (χ0n) is 7.78. The van der Waals surface area contributed by atoms with Crippen LogP contribution in [-0.4, -0.2) is 22.2 Å². The van der Waals surface area contributed by atoms with Gasteiger partial charge in [0.05, 0.1) is 5.69 Å². The lowest BCUT2D eigenvalue weighted by atomic mass is 10.3. The Bertz CT molecular complexity index is 386. The molecule has 0 heterocycles. The van der Waals surface area contributed by atoms with Gasteiger partial charge in [-0.1, -0.05) is 0 Å². The summed E-state index contributed by atoms with van der Waals surface area (Å²) in [6.07, 6.45) is 0. The van der Waals surface area contributed by atoms with Crippen molar-refractivity contribution in [3.63, 3.8) is 0 Å². The number of hydrogen-bond acceptors (Lipinski definition) is 4. The fraction of sp³-hybridized carbons (Fsp3) is 0. The highest BCUT2D eigenvalue weighted by Gasteiger charge is 2.04. The average Bonchev–Trinajstić information content (AvgIpc) is 2.22. The second-order valence-electron chi connectivity index (χ2n) is 2.38. The largest absolute Gasteiger partial charge is 0.473 e. The number of hydrazine groups is 1. The van der Waals surface area contributed by atoms with E-state index >= 15 is 0 Å². The molecule has 0 aliphatic carbocycles. The number of nitrogens with one attached hydrogen (secondary N) is 1. The van der Waals surface area contributed by atoms with E-state index in [1.807, 2.05) is 5.43 Å². The lowest BCUT2D eigenvalue weighted by Gasteiger charge is -1.99. The summed E-state index contributed by atoms with van der Waals surface area (Å²) < 4.78 is 24.7. The zero-order valence-corrected chi connectivity index (χ0v) is 7.78. The maximum Gasteiger partial charge on any atom is 0.414 e. The lowest BCUT2D eigenvalue weighted by Crippen LogP contribution is -2.09. The molecule has 0 unspecified atom stereocenters. The van der Waals surface area contributed by atoms with Gasteiger partial charge < -0.3 is 15.6 Å². The van der Waals surface area contributed by atoms with Gasteiger partial charge >= 0.3 is 11.9 Å². The molecular formula is C8H8F2N2O4. The Morgan fingerprint density at radius 3 is 2.00 bits per heavy atom. The van der Waals surface area contributed by atoms with Gasteiger partial charge in [-0.05, 0) is 12.1 Å². The summed E-state index contributed by atoms with van der Waals surface area (Å²) in [6.45, 7) is 0. The van der Waals surface area contributed by atoms with Gasteiger partial charge in [-0.25, -0.2) is 18.4 Å². The minimum Gasteiger partial charge on any atom is -0.473 e. The minimum absolute atomic E-state index is 0.0417. The second kappa shape index (κ2) is 6.30. The van der Waals surface area contributed by atoms with Gasteiger partial charge in [-0.3, -0.25) is 5.84 Å². The molecule has 1 aromatic rings. The van der Waals surface area contributed by atoms with Crippen LogP contribution in [0.25, 0.3) is 0 Å². The van der Waals surface area contributed by atoms with E-state index in [1.54, 1.807) is 0 Å². The van der Waals surface area contributed by atoms with Crippen molar-refractivity contribution in [2.45, 2.75) is 0 Å². The van der Waals surface area contributed by atoms with Crippen LogP contribution in [0.1, 0.15) is 0 Å². The van der Waals surface area contributed by atoms with Crippen molar-refractivity contribution in [2.75, 3.05) is 5.43 Å². The van der Waals surface area contributed by atoms with Crippen molar-refractivity contribution in [3.05, 3.63) is 29.8 Å². The fourth-order valence-electron chi connectivity index (χ4n) is 0.608. The molecule has 0 atom stereocenters. The first-order chi connectivity index (χ1) is 7.38. The number of nitrogens with two attached hydrogens (primary N) is 1. The number of carboxylic acid groups (broad SMARTS) is 2. The van der Waals surface area contributed by atoms with Gasteiger partial charge in [-0.15, -0.1) is 0 Å². The second-order valence-corrected chi connectivity index (χ2v) is 2.38. The van der Waals surface area contributed by atoms with Gasteiger partial charge in [0.2, 0.25) is 0 Å². The van der Waals surface area contributed by atoms with E-state index in [0.29, 0.717) is 0 Å². The highest BCUT2D eigenvalue weighted by Crippen LogP contribution is 2.12. The standard InChI is InChI=1S/C6H6F2N2.C2H2O4/c7-4-1-2-5(8)6(3-4)10-9;3-1(4)2(5)6/h1-3,10H,9H2;(H,3,4)(H,5,6). The highest BCUT2D eigenvalue weighted by atomic mass is 19.1. The molecule has 8 heteroatoms. The van der Waals surface area contributed by atoms with E-state index < -0.39 is 23.6 Å². The Balaban J connectivity index is 0.000000325. The number of halogens is 2. The van der Waals surface area contributed by atoms with Crippen LogP contribution >= 0.6 is 0 Å². The van der Waals surface area contributed by atoms with Gasteiger partial charge in [-0.2, -0.15) is 0 Å².